The lowest BCUT2D eigenvalue weighted by Gasteiger charge is -2.24. The molecule has 2 amide bonds. The second-order valence-corrected chi connectivity index (χ2v) is 11.8. The van der Waals surface area contributed by atoms with Gasteiger partial charge < -0.3 is 26.0 Å². The number of aliphatic hydroxyl groups excluding tert-OH is 3. The smallest absolute Gasteiger partial charge is 0.249 e. The second kappa shape index (κ2) is 22.8. The summed E-state index contributed by atoms with van der Waals surface area (Å²) >= 11 is 0. The van der Waals surface area contributed by atoms with Crippen molar-refractivity contribution in [2.75, 3.05) is 13.1 Å². The van der Waals surface area contributed by atoms with Crippen molar-refractivity contribution in [3.05, 3.63) is 0 Å². The SMILES string of the molecule is CCCCCCCCCCCCCCCCC(O)C(O)CCCNC(=O)CCNC(=O)C(O)C(C)(C)C. The average molecular weight is 529 g/mol. The van der Waals surface area contributed by atoms with Gasteiger partial charge in [-0.25, -0.2) is 0 Å². The van der Waals surface area contributed by atoms with Crippen LogP contribution in [0.1, 0.15) is 143 Å². The van der Waals surface area contributed by atoms with E-state index in [1.165, 1.54) is 77.0 Å². The van der Waals surface area contributed by atoms with Gasteiger partial charge in [-0.1, -0.05) is 118 Å². The van der Waals surface area contributed by atoms with Gasteiger partial charge in [-0.15, -0.1) is 0 Å². The lowest BCUT2D eigenvalue weighted by molar-refractivity contribution is -0.134. The van der Waals surface area contributed by atoms with Crippen LogP contribution in [0.4, 0.5) is 0 Å². The summed E-state index contributed by atoms with van der Waals surface area (Å²) in [7, 11) is 0. The quantitative estimate of drug-likeness (QED) is 0.108. The molecule has 37 heavy (non-hydrogen) atoms. The molecule has 0 rings (SSSR count). The summed E-state index contributed by atoms with van der Waals surface area (Å²) in [5, 5.41) is 35.6. The Balaban J connectivity index is 3.58. The number of nitrogens with one attached hydrogen (secondary N) is 2. The van der Waals surface area contributed by atoms with Gasteiger partial charge in [-0.05, 0) is 24.7 Å². The molecule has 0 aromatic carbocycles. The van der Waals surface area contributed by atoms with Gasteiger partial charge in [0.1, 0.15) is 6.10 Å². The first-order chi connectivity index (χ1) is 17.6. The predicted octanol–water partition coefficient (Wildman–Crippen LogP) is 5.39. The zero-order valence-electron chi connectivity index (χ0n) is 24.5. The highest BCUT2D eigenvalue weighted by molar-refractivity contribution is 5.82. The monoisotopic (exact) mass is 528 g/mol. The summed E-state index contributed by atoms with van der Waals surface area (Å²) in [6.07, 6.45) is 17.3. The van der Waals surface area contributed by atoms with Crippen molar-refractivity contribution in [3.8, 4) is 0 Å². The minimum atomic E-state index is -1.12. The van der Waals surface area contributed by atoms with Crippen molar-refractivity contribution < 1.29 is 24.9 Å². The Morgan fingerprint density at radius 3 is 1.51 bits per heavy atom. The van der Waals surface area contributed by atoms with Crippen LogP contribution < -0.4 is 10.6 Å². The highest BCUT2D eigenvalue weighted by Crippen LogP contribution is 2.19. The molecule has 0 bridgehead atoms. The summed E-state index contributed by atoms with van der Waals surface area (Å²) in [4.78, 5) is 23.7. The lowest BCUT2D eigenvalue weighted by atomic mass is 9.89. The Bertz CT molecular complexity index is 565. The number of carbonyl (C=O) groups excluding carboxylic acids is 2. The van der Waals surface area contributed by atoms with E-state index in [0.717, 1.165) is 12.8 Å². The summed E-state index contributed by atoms with van der Waals surface area (Å²) < 4.78 is 0. The van der Waals surface area contributed by atoms with E-state index >= 15 is 0 Å². The Morgan fingerprint density at radius 2 is 1.05 bits per heavy atom. The first kappa shape index (κ1) is 35.8. The van der Waals surface area contributed by atoms with E-state index in [-0.39, 0.29) is 18.9 Å². The van der Waals surface area contributed by atoms with Crippen molar-refractivity contribution in [1.82, 2.24) is 10.6 Å². The molecule has 0 aromatic rings. The molecular weight excluding hydrogens is 468 g/mol. The highest BCUT2D eigenvalue weighted by Gasteiger charge is 2.28. The molecule has 0 heterocycles. The van der Waals surface area contributed by atoms with Crippen molar-refractivity contribution in [1.29, 1.82) is 0 Å². The van der Waals surface area contributed by atoms with Crippen molar-refractivity contribution >= 4 is 11.8 Å². The van der Waals surface area contributed by atoms with Crippen LogP contribution in [0, 0.1) is 5.41 Å². The summed E-state index contributed by atoms with van der Waals surface area (Å²) in [6, 6.07) is 0. The zero-order valence-corrected chi connectivity index (χ0v) is 24.5. The van der Waals surface area contributed by atoms with E-state index in [4.69, 9.17) is 0 Å². The maximum atomic E-state index is 11.9. The number of hydrogen-bond donors (Lipinski definition) is 5. The molecule has 3 unspecified atom stereocenters. The molecule has 0 aromatic heterocycles. The minimum Gasteiger partial charge on any atom is -0.390 e. The summed E-state index contributed by atoms with van der Waals surface area (Å²) in [5.41, 5.74) is -0.551. The van der Waals surface area contributed by atoms with E-state index in [0.29, 0.717) is 25.8 Å². The maximum absolute atomic E-state index is 11.9. The van der Waals surface area contributed by atoms with E-state index < -0.39 is 29.6 Å². The maximum Gasteiger partial charge on any atom is 0.249 e. The zero-order chi connectivity index (χ0) is 27.9. The molecule has 0 spiro atoms. The molecule has 0 saturated carbocycles. The molecule has 0 saturated heterocycles. The minimum absolute atomic E-state index is 0.132. The van der Waals surface area contributed by atoms with Crippen LogP contribution in [0.2, 0.25) is 0 Å². The van der Waals surface area contributed by atoms with Gasteiger partial charge in [0.25, 0.3) is 0 Å². The van der Waals surface area contributed by atoms with Crippen molar-refractivity contribution in [2.45, 2.75) is 162 Å². The molecule has 3 atom stereocenters. The number of carbonyl (C=O) groups is 2. The van der Waals surface area contributed by atoms with Crippen LogP contribution in [0.25, 0.3) is 0 Å². The molecular formula is C30H60N2O5. The van der Waals surface area contributed by atoms with Crippen LogP contribution in [-0.2, 0) is 9.59 Å². The molecule has 0 fully saturated rings. The van der Waals surface area contributed by atoms with Gasteiger partial charge in [0.05, 0.1) is 12.2 Å². The molecule has 7 heteroatoms. The molecule has 5 N–H and O–H groups in total. The predicted molar refractivity (Wildman–Crippen MR) is 152 cm³/mol. The van der Waals surface area contributed by atoms with E-state index in [9.17, 15) is 24.9 Å². The first-order valence-electron chi connectivity index (χ1n) is 15.2. The third-order valence-electron chi connectivity index (χ3n) is 7.02. The third-order valence-corrected chi connectivity index (χ3v) is 7.02. The highest BCUT2D eigenvalue weighted by atomic mass is 16.3. The molecule has 0 radical (unpaired) electrons. The first-order valence-corrected chi connectivity index (χ1v) is 15.2. The van der Waals surface area contributed by atoms with E-state index in [1.807, 2.05) is 0 Å². The Labute approximate surface area is 227 Å². The van der Waals surface area contributed by atoms with Gasteiger partial charge in [0.15, 0.2) is 0 Å². The van der Waals surface area contributed by atoms with Gasteiger partial charge >= 0.3 is 0 Å². The van der Waals surface area contributed by atoms with Crippen LogP contribution in [-0.4, -0.2) is 58.5 Å². The lowest BCUT2D eigenvalue weighted by Crippen LogP contribution is -2.43. The fraction of sp³-hybridized carbons (Fsp3) is 0.933. The number of amides is 2. The fourth-order valence-corrected chi connectivity index (χ4v) is 4.35. The van der Waals surface area contributed by atoms with Crippen LogP contribution in [0.15, 0.2) is 0 Å². The Hall–Kier alpha value is -1.18. The van der Waals surface area contributed by atoms with Crippen molar-refractivity contribution in [2.24, 2.45) is 5.41 Å². The average Bonchev–Trinajstić information content (AvgIpc) is 2.85. The number of hydrogen-bond acceptors (Lipinski definition) is 5. The summed E-state index contributed by atoms with van der Waals surface area (Å²) in [5.74, 6) is -0.667. The topological polar surface area (TPSA) is 119 Å². The molecule has 0 aliphatic rings. The normalized spacial score (nSPS) is 14.2. The van der Waals surface area contributed by atoms with Gasteiger partial charge in [0.2, 0.25) is 11.8 Å². The fourth-order valence-electron chi connectivity index (χ4n) is 4.35. The van der Waals surface area contributed by atoms with Crippen LogP contribution in [0.5, 0.6) is 0 Å². The Kier molecular flexibility index (Phi) is 22.0. The van der Waals surface area contributed by atoms with Crippen LogP contribution in [0.3, 0.4) is 0 Å². The number of aliphatic hydroxyl groups is 3. The molecule has 220 valence electrons. The number of rotatable bonds is 24. The van der Waals surface area contributed by atoms with Gasteiger partial charge in [0, 0.05) is 19.5 Å². The van der Waals surface area contributed by atoms with Gasteiger partial charge in [-0.3, -0.25) is 9.59 Å². The van der Waals surface area contributed by atoms with E-state index in [1.54, 1.807) is 20.8 Å². The molecule has 0 aliphatic heterocycles. The van der Waals surface area contributed by atoms with E-state index in [2.05, 4.69) is 17.6 Å². The Morgan fingerprint density at radius 1 is 0.622 bits per heavy atom. The van der Waals surface area contributed by atoms with Crippen LogP contribution >= 0.6 is 0 Å². The van der Waals surface area contributed by atoms with Gasteiger partial charge in [-0.2, -0.15) is 0 Å². The second-order valence-electron chi connectivity index (χ2n) is 11.8. The molecule has 0 aliphatic carbocycles. The number of unbranched alkanes of at least 4 members (excludes halogenated alkanes) is 13. The third kappa shape index (κ3) is 21.4. The molecule has 7 nitrogen and oxygen atoms in total. The van der Waals surface area contributed by atoms with Crippen molar-refractivity contribution in [3.63, 3.8) is 0 Å². The summed E-state index contributed by atoms with van der Waals surface area (Å²) in [6.45, 7) is 8.16. The largest absolute Gasteiger partial charge is 0.390 e. The standard InChI is InChI=1S/C30H60N2O5/c1-5-6-7-8-9-10-11-12-13-14-15-16-17-18-20-25(33)26(34)21-19-23-31-27(35)22-24-32-29(37)28(36)30(2,3)4/h25-26,28,33-34,36H,5-24H2,1-4H3,(H,31,35)(H,32,37).